The van der Waals surface area contributed by atoms with Gasteiger partial charge in [0.25, 0.3) is 0 Å². The molecule has 0 saturated carbocycles. The van der Waals surface area contributed by atoms with Gasteiger partial charge in [0.05, 0.1) is 5.75 Å². The maximum absolute atomic E-state index is 10.5. The fourth-order valence-corrected chi connectivity index (χ4v) is 0.966. The molecule has 0 aromatic rings. The Bertz CT molecular complexity index is 138. The van der Waals surface area contributed by atoms with Gasteiger partial charge in [0.1, 0.15) is 0 Å². The smallest absolute Gasteiger partial charge is 0.211 e. The van der Waals surface area contributed by atoms with Crippen LogP contribution in [-0.4, -0.2) is 20.7 Å². The summed E-state index contributed by atoms with van der Waals surface area (Å²) in [5.74, 6) is 0.167. The summed E-state index contributed by atoms with van der Waals surface area (Å²) in [7, 11) is -2.92. The highest BCUT2D eigenvalue weighted by Gasteiger charge is 2.00. The van der Waals surface area contributed by atoms with Crippen LogP contribution in [0.25, 0.3) is 0 Å². The van der Waals surface area contributed by atoms with Gasteiger partial charge in [0.2, 0.25) is 10.0 Å². The average molecular weight is 137 g/mol. The topological polar surface area (TPSA) is 46.2 Å². The first-order valence-electron chi connectivity index (χ1n) is 2.59. The van der Waals surface area contributed by atoms with Gasteiger partial charge >= 0.3 is 0 Å². The second kappa shape index (κ2) is 3.04. The van der Waals surface area contributed by atoms with Crippen molar-refractivity contribution in [2.24, 2.45) is 0 Å². The lowest BCUT2D eigenvalue weighted by Crippen LogP contribution is -2.24. The molecule has 0 saturated heterocycles. The Hall–Kier alpha value is -0.0900. The summed E-state index contributed by atoms with van der Waals surface area (Å²) in [5.41, 5.74) is 0. The van der Waals surface area contributed by atoms with Crippen LogP contribution in [0.4, 0.5) is 0 Å². The van der Waals surface area contributed by atoms with Gasteiger partial charge in [-0.2, -0.15) is 0 Å². The molecule has 4 heteroatoms. The fourth-order valence-electron chi connectivity index (χ4n) is 0.322. The molecule has 0 amide bonds. The van der Waals surface area contributed by atoms with E-state index in [2.05, 4.69) is 4.72 Å². The Labute approximate surface area is 50.1 Å². The lowest BCUT2D eigenvalue weighted by Gasteiger charge is -1.96. The van der Waals surface area contributed by atoms with Crippen molar-refractivity contribution in [3.8, 4) is 0 Å². The fraction of sp³-hybridized carbons (Fsp3) is 1.00. The summed E-state index contributed by atoms with van der Waals surface area (Å²) in [6, 6.07) is 0. The van der Waals surface area contributed by atoms with Gasteiger partial charge in [-0.15, -0.1) is 0 Å². The Kier molecular flexibility index (Phi) is 3.01. The molecular formula is C4H11NO2S. The van der Waals surface area contributed by atoms with Gasteiger partial charge in [0.15, 0.2) is 0 Å². The number of sulfonamides is 1. The van der Waals surface area contributed by atoms with E-state index in [9.17, 15) is 8.42 Å². The average Bonchev–Trinajstić information content (AvgIpc) is 1.67. The molecular weight excluding hydrogens is 126 g/mol. The zero-order valence-electron chi connectivity index (χ0n) is 5.14. The van der Waals surface area contributed by atoms with Crippen LogP contribution < -0.4 is 4.72 Å². The van der Waals surface area contributed by atoms with Crippen molar-refractivity contribution >= 4 is 10.0 Å². The van der Waals surface area contributed by atoms with E-state index in [0.717, 1.165) is 0 Å². The van der Waals surface area contributed by atoms with E-state index in [1.807, 2.05) is 0 Å². The molecule has 0 heterocycles. The van der Waals surface area contributed by atoms with Gasteiger partial charge < -0.3 is 0 Å². The van der Waals surface area contributed by atoms with Crippen molar-refractivity contribution in [2.75, 3.05) is 12.3 Å². The minimum atomic E-state index is -2.92. The lowest BCUT2D eigenvalue weighted by molar-refractivity contribution is 0.585. The zero-order valence-corrected chi connectivity index (χ0v) is 5.96. The number of rotatable bonds is 3. The Morgan fingerprint density at radius 3 is 2.00 bits per heavy atom. The first-order chi connectivity index (χ1) is 3.62. The van der Waals surface area contributed by atoms with Crippen LogP contribution in [0.2, 0.25) is 0 Å². The second-order valence-electron chi connectivity index (χ2n) is 1.40. The molecule has 8 heavy (non-hydrogen) atoms. The maximum Gasteiger partial charge on any atom is 0.211 e. The molecule has 0 aromatic heterocycles. The summed E-state index contributed by atoms with van der Waals surface area (Å²) < 4.78 is 23.3. The highest BCUT2D eigenvalue weighted by atomic mass is 32.2. The lowest BCUT2D eigenvalue weighted by atomic mass is 10.8. The molecule has 0 aliphatic rings. The minimum absolute atomic E-state index is 0.167. The standard InChI is InChI=1S/C4H11NO2S/c1-3-5-8(6,7)4-2/h5H,3-4H2,1-2H3. The number of nitrogens with one attached hydrogen (secondary N) is 1. The predicted octanol–water partition coefficient (Wildman–Crippen LogP) is -0.0544. The van der Waals surface area contributed by atoms with E-state index in [1.165, 1.54) is 0 Å². The third kappa shape index (κ3) is 2.98. The molecule has 0 unspecified atom stereocenters. The van der Waals surface area contributed by atoms with Crippen molar-refractivity contribution in [3.05, 3.63) is 0 Å². The van der Waals surface area contributed by atoms with Crippen molar-refractivity contribution in [3.63, 3.8) is 0 Å². The summed E-state index contributed by atoms with van der Waals surface area (Å²) >= 11 is 0. The van der Waals surface area contributed by atoms with Crippen molar-refractivity contribution in [1.29, 1.82) is 0 Å². The molecule has 0 radical (unpaired) electrons. The normalized spacial score (nSPS) is 11.8. The van der Waals surface area contributed by atoms with Crippen LogP contribution in [0.5, 0.6) is 0 Å². The molecule has 0 rings (SSSR count). The van der Waals surface area contributed by atoms with E-state index in [4.69, 9.17) is 0 Å². The maximum atomic E-state index is 10.5. The SMILES string of the molecule is CCNS(=O)(=O)CC. The van der Waals surface area contributed by atoms with Gasteiger partial charge in [0, 0.05) is 6.54 Å². The first-order valence-corrected chi connectivity index (χ1v) is 4.25. The third-order valence-electron chi connectivity index (χ3n) is 0.744. The predicted molar refractivity (Wildman–Crippen MR) is 33.1 cm³/mol. The molecule has 0 aromatic carbocycles. The molecule has 3 nitrogen and oxygen atoms in total. The molecule has 0 spiro atoms. The Morgan fingerprint density at radius 2 is 1.88 bits per heavy atom. The Balaban J connectivity index is 3.76. The molecule has 0 aliphatic heterocycles. The van der Waals surface area contributed by atoms with Crippen molar-refractivity contribution in [2.45, 2.75) is 13.8 Å². The molecule has 0 atom stereocenters. The van der Waals surface area contributed by atoms with E-state index >= 15 is 0 Å². The van der Waals surface area contributed by atoms with Crippen molar-refractivity contribution in [1.82, 2.24) is 4.72 Å². The van der Waals surface area contributed by atoms with Gasteiger partial charge in [-0.25, -0.2) is 13.1 Å². The van der Waals surface area contributed by atoms with E-state index in [0.29, 0.717) is 6.54 Å². The largest absolute Gasteiger partial charge is 0.216 e. The Morgan fingerprint density at radius 1 is 1.38 bits per heavy atom. The summed E-state index contributed by atoms with van der Waals surface area (Å²) in [6.45, 7) is 3.85. The minimum Gasteiger partial charge on any atom is -0.216 e. The highest BCUT2D eigenvalue weighted by molar-refractivity contribution is 7.89. The van der Waals surface area contributed by atoms with Crippen LogP contribution in [-0.2, 0) is 10.0 Å². The van der Waals surface area contributed by atoms with Crippen LogP contribution >= 0.6 is 0 Å². The van der Waals surface area contributed by atoms with Crippen LogP contribution in [0.3, 0.4) is 0 Å². The molecule has 1 N–H and O–H groups in total. The molecule has 0 aliphatic carbocycles. The third-order valence-corrected chi connectivity index (χ3v) is 2.23. The number of hydrogen-bond acceptors (Lipinski definition) is 2. The first kappa shape index (κ1) is 7.91. The second-order valence-corrected chi connectivity index (χ2v) is 3.50. The van der Waals surface area contributed by atoms with Crippen molar-refractivity contribution < 1.29 is 8.42 Å². The number of hydrogen-bond donors (Lipinski definition) is 1. The van der Waals surface area contributed by atoms with E-state index < -0.39 is 10.0 Å². The quantitative estimate of drug-likeness (QED) is 0.592. The van der Waals surface area contributed by atoms with E-state index in [-0.39, 0.29) is 5.75 Å². The molecule has 50 valence electrons. The molecule has 0 fully saturated rings. The van der Waals surface area contributed by atoms with Gasteiger partial charge in [-0.05, 0) is 6.92 Å². The molecule has 0 bridgehead atoms. The van der Waals surface area contributed by atoms with Crippen LogP contribution in [0.15, 0.2) is 0 Å². The highest BCUT2D eigenvalue weighted by Crippen LogP contribution is 1.78. The monoisotopic (exact) mass is 137 g/mol. The van der Waals surface area contributed by atoms with Crippen LogP contribution in [0.1, 0.15) is 13.8 Å². The van der Waals surface area contributed by atoms with E-state index in [1.54, 1.807) is 13.8 Å². The van der Waals surface area contributed by atoms with Crippen LogP contribution in [0, 0.1) is 0 Å². The van der Waals surface area contributed by atoms with Gasteiger partial charge in [-0.1, -0.05) is 6.92 Å². The van der Waals surface area contributed by atoms with Gasteiger partial charge in [-0.3, -0.25) is 0 Å². The summed E-state index contributed by atoms with van der Waals surface area (Å²) in [6.07, 6.45) is 0. The summed E-state index contributed by atoms with van der Waals surface area (Å²) in [4.78, 5) is 0. The summed E-state index contributed by atoms with van der Waals surface area (Å²) in [5, 5.41) is 0. The zero-order chi connectivity index (χ0) is 6.62.